The molecule has 136 valence electrons. The number of anilines is 1. The van der Waals surface area contributed by atoms with E-state index in [1.807, 2.05) is 6.20 Å². The van der Waals surface area contributed by atoms with Gasteiger partial charge in [-0.1, -0.05) is 18.9 Å². The molecule has 3 fully saturated rings. The molecule has 0 radical (unpaired) electrons. The van der Waals surface area contributed by atoms with E-state index in [1.54, 1.807) is 0 Å². The van der Waals surface area contributed by atoms with Gasteiger partial charge in [0.1, 0.15) is 5.82 Å². The molecule has 0 aromatic carbocycles. The van der Waals surface area contributed by atoms with Crippen molar-refractivity contribution in [3.8, 4) is 0 Å². The first-order valence-corrected chi connectivity index (χ1v) is 9.67. The summed E-state index contributed by atoms with van der Waals surface area (Å²) in [5.74, 6) is 1.05. The Morgan fingerprint density at radius 3 is 2.68 bits per heavy atom. The second kappa shape index (κ2) is 7.60. The molecule has 2 bridgehead atoms. The Hall–Kier alpha value is -1.82. The SMILES string of the molecule is O=C(NCc1ccc(N2CCCCCC2)nc1)NC1CC2CCC1O2. The number of rotatable bonds is 4. The van der Waals surface area contributed by atoms with Crippen LogP contribution in [0.3, 0.4) is 0 Å². The molecule has 3 atom stereocenters. The molecule has 0 spiro atoms. The lowest BCUT2D eigenvalue weighted by molar-refractivity contribution is 0.0981. The fourth-order valence-corrected chi connectivity index (χ4v) is 4.20. The van der Waals surface area contributed by atoms with Crippen molar-refractivity contribution < 1.29 is 9.53 Å². The van der Waals surface area contributed by atoms with Gasteiger partial charge in [-0.05, 0) is 43.7 Å². The van der Waals surface area contributed by atoms with Crippen molar-refractivity contribution >= 4 is 11.8 Å². The quantitative estimate of drug-likeness (QED) is 0.881. The van der Waals surface area contributed by atoms with Crippen LogP contribution in [0.25, 0.3) is 0 Å². The third kappa shape index (κ3) is 4.06. The summed E-state index contributed by atoms with van der Waals surface area (Å²) >= 11 is 0. The molecule has 25 heavy (non-hydrogen) atoms. The number of carbonyl (C=O) groups excluding carboxylic acids is 1. The zero-order valence-corrected chi connectivity index (χ0v) is 14.7. The number of ether oxygens (including phenoxy) is 1. The van der Waals surface area contributed by atoms with Gasteiger partial charge in [0.2, 0.25) is 0 Å². The first-order chi connectivity index (χ1) is 12.3. The van der Waals surface area contributed by atoms with Gasteiger partial charge < -0.3 is 20.3 Å². The third-order valence-corrected chi connectivity index (χ3v) is 5.61. The molecule has 2 N–H and O–H groups in total. The van der Waals surface area contributed by atoms with Gasteiger partial charge >= 0.3 is 6.03 Å². The molecule has 3 saturated heterocycles. The van der Waals surface area contributed by atoms with Crippen LogP contribution in [-0.2, 0) is 11.3 Å². The van der Waals surface area contributed by atoms with E-state index in [1.165, 1.54) is 25.7 Å². The number of hydrogen-bond donors (Lipinski definition) is 2. The van der Waals surface area contributed by atoms with Crippen molar-refractivity contribution in [2.75, 3.05) is 18.0 Å². The number of amides is 2. The van der Waals surface area contributed by atoms with Crippen LogP contribution in [0.4, 0.5) is 10.6 Å². The van der Waals surface area contributed by atoms with Crippen LogP contribution in [0.15, 0.2) is 18.3 Å². The van der Waals surface area contributed by atoms with E-state index in [2.05, 4.69) is 32.7 Å². The van der Waals surface area contributed by atoms with Crippen LogP contribution in [0.5, 0.6) is 0 Å². The molecule has 1 aromatic heterocycles. The molecule has 1 aromatic rings. The van der Waals surface area contributed by atoms with Gasteiger partial charge in [-0.15, -0.1) is 0 Å². The van der Waals surface area contributed by atoms with Crippen molar-refractivity contribution in [1.29, 1.82) is 0 Å². The van der Waals surface area contributed by atoms with Crippen molar-refractivity contribution in [2.24, 2.45) is 0 Å². The molecule has 6 nitrogen and oxygen atoms in total. The number of carbonyl (C=O) groups is 1. The Morgan fingerprint density at radius 1 is 1.20 bits per heavy atom. The molecule has 6 heteroatoms. The van der Waals surface area contributed by atoms with Crippen LogP contribution in [0.2, 0.25) is 0 Å². The number of fused-ring (bicyclic) bond motifs is 2. The number of aromatic nitrogens is 1. The van der Waals surface area contributed by atoms with Gasteiger partial charge in [-0.3, -0.25) is 0 Å². The van der Waals surface area contributed by atoms with Crippen LogP contribution < -0.4 is 15.5 Å². The zero-order valence-electron chi connectivity index (χ0n) is 14.7. The van der Waals surface area contributed by atoms with E-state index < -0.39 is 0 Å². The molecule has 3 aliphatic heterocycles. The van der Waals surface area contributed by atoms with E-state index in [9.17, 15) is 4.79 Å². The number of pyridine rings is 1. The second-order valence-corrected chi connectivity index (χ2v) is 7.47. The minimum absolute atomic E-state index is 0.113. The van der Waals surface area contributed by atoms with E-state index >= 15 is 0 Å². The summed E-state index contributed by atoms with van der Waals surface area (Å²) in [5.41, 5.74) is 1.03. The molecule has 0 saturated carbocycles. The maximum Gasteiger partial charge on any atom is 0.315 e. The van der Waals surface area contributed by atoms with Crippen LogP contribution in [-0.4, -0.2) is 42.4 Å². The highest BCUT2D eigenvalue weighted by molar-refractivity contribution is 5.74. The Labute approximate surface area is 149 Å². The number of hydrogen-bond acceptors (Lipinski definition) is 4. The lowest BCUT2D eigenvalue weighted by Gasteiger charge is -2.21. The summed E-state index contributed by atoms with van der Waals surface area (Å²) in [6, 6.07) is 4.19. The average molecular weight is 344 g/mol. The highest BCUT2D eigenvalue weighted by atomic mass is 16.5. The Morgan fingerprint density at radius 2 is 2.04 bits per heavy atom. The van der Waals surface area contributed by atoms with Gasteiger partial charge in [0.25, 0.3) is 0 Å². The fraction of sp³-hybridized carbons (Fsp3) is 0.684. The topological polar surface area (TPSA) is 66.5 Å². The lowest BCUT2D eigenvalue weighted by atomic mass is 9.96. The summed E-state index contributed by atoms with van der Waals surface area (Å²) in [6.45, 7) is 2.69. The zero-order chi connectivity index (χ0) is 17.1. The minimum Gasteiger partial charge on any atom is -0.373 e. The van der Waals surface area contributed by atoms with Crippen molar-refractivity contribution in [2.45, 2.75) is 69.7 Å². The normalized spacial score (nSPS) is 28.6. The standard InChI is InChI=1S/C19H28N4O2/c24-19(22-16-11-15-6-7-17(16)25-15)21-13-14-5-8-18(20-12-14)23-9-3-1-2-4-10-23/h5,8,12,15-17H,1-4,6-7,9-11,13H2,(H2,21,22,24). The Bertz CT molecular complexity index is 584. The van der Waals surface area contributed by atoms with Crippen molar-refractivity contribution in [1.82, 2.24) is 15.6 Å². The van der Waals surface area contributed by atoms with E-state index in [0.717, 1.165) is 43.7 Å². The van der Waals surface area contributed by atoms with E-state index in [0.29, 0.717) is 12.6 Å². The third-order valence-electron chi connectivity index (χ3n) is 5.61. The van der Waals surface area contributed by atoms with E-state index in [4.69, 9.17) is 4.74 Å². The molecule has 3 unspecified atom stereocenters. The van der Waals surface area contributed by atoms with Crippen molar-refractivity contribution in [3.05, 3.63) is 23.9 Å². The monoisotopic (exact) mass is 344 g/mol. The minimum atomic E-state index is -0.113. The smallest absolute Gasteiger partial charge is 0.315 e. The van der Waals surface area contributed by atoms with Crippen LogP contribution >= 0.6 is 0 Å². The maximum absolute atomic E-state index is 12.1. The summed E-state index contributed by atoms with van der Waals surface area (Å²) in [6.07, 6.45) is 10.7. The predicted octanol–water partition coefficient (Wildman–Crippen LogP) is 2.58. The summed E-state index contributed by atoms with van der Waals surface area (Å²) in [7, 11) is 0. The first kappa shape index (κ1) is 16.6. The molecule has 4 heterocycles. The Balaban J connectivity index is 1.24. The highest BCUT2D eigenvalue weighted by Gasteiger charge is 2.41. The fourth-order valence-electron chi connectivity index (χ4n) is 4.20. The highest BCUT2D eigenvalue weighted by Crippen LogP contribution is 2.34. The Kier molecular flexibility index (Phi) is 5.06. The maximum atomic E-state index is 12.1. The average Bonchev–Trinajstić information content (AvgIpc) is 3.14. The molecular weight excluding hydrogens is 316 g/mol. The van der Waals surface area contributed by atoms with Gasteiger partial charge in [-0.25, -0.2) is 9.78 Å². The van der Waals surface area contributed by atoms with Crippen LogP contribution in [0, 0.1) is 0 Å². The molecule has 0 aliphatic carbocycles. The van der Waals surface area contributed by atoms with Gasteiger partial charge in [0, 0.05) is 25.8 Å². The summed E-state index contributed by atoms with van der Waals surface area (Å²) in [5, 5.41) is 5.98. The molecular formula is C19H28N4O2. The van der Waals surface area contributed by atoms with Gasteiger partial charge in [-0.2, -0.15) is 0 Å². The largest absolute Gasteiger partial charge is 0.373 e. The first-order valence-electron chi connectivity index (χ1n) is 9.67. The lowest BCUT2D eigenvalue weighted by Crippen LogP contribution is -2.46. The van der Waals surface area contributed by atoms with Crippen LogP contribution in [0.1, 0.15) is 50.5 Å². The predicted molar refractivity (Wildman–Crippen MR) is 96.6 cm³/mol. The molecule has 3 aliphatic rings. The number of urea groups is 1. The van der Waals surface area contributed by atoms with Gasteiger partial charge in [0.15, 0.2) is 0 Å². The van der Waals surface area contributed by atoms with Gasteiger partial charge in [0.05, 0.1) is 18.2 Å². The summed E-state index contributed by atoms with van der Waals surface area (Å²) in [4.78, 5) is 19.1. The second-order valence-electron chi connectivity index (χ2n) is 7.47. The summed E-state index contributed by atoms with van der Waals surface area (Å²) < 4.78 is 5.77. The number of nitrogens with one attached hydrogen (secondary N) is 2. The van der Waals surface area contributed by atoms with E-state index in [-0.39, 0.29) is 18.2 Å². The molecule has 2 amide bonds. The number of nitrogens with zero attached hydrogens (tertiary/aromatic N) is 2. The van der Waals surface area contributed by atoms with Crippen molar-refractivity contribution in [3.63, 3.8) is 0 Å². The molecule has 4 rings (SSSR count).